The van der Waals surface area contributed by atoms with Crippen LogP contribution in [0.5, 0.6) is 0 Å². The van der Waals surface area contributed by atoms with Crippen molar-refractivity contribution in [1.82, 2.24) is 10.3 Å². The molecule has 0 radical (unpaired) electrons. The van der Waals surface area contributed by atoms with Gasteiger partial charge in [-0.3, -0.25) is 10.1 Å². The van der Waals surface area contributed by atoms with Crippen molar-refractivity contribution in [3.63, 3.8) is 0 Å². The first-order chi connectivity index (χ1) is 14.0. The van der Waals surface area contributed by atoms with Crippen LogP contribution in [0.4, 0.5) is 5.69 Å². The van der Waals surface area contributed by atoms with E-state index in [-0.39, 0.29) is 11.0 Å². The van der Waals surface area contributed by atoms with Crippen molar-refractivity contribution in [2.45, 2.75) is 6.92 Å². The highest BCUT2D eigenvalue weighted by Gasteiger charge is 2.11. The second-order valence-corrected chi connectivity index (χ2v) is 8.75. The number of hydrogen-bond acceptors (Lipinski definition) is 4. The average molecular weight is 482 g/mol. The molecule has 0 aliphatic rings. The predicted molar refractivity (Wildman–Crippen MR) is 128 cm³/mol. The molecule has 0 fully saturated rings. The van der Waals surface area contributed by atoms with E-state index in [0.717, 1.165) is 26.2 Å². The molecule has 0 unspecified atom stereocenters. The Bertz CT molecular complexity index is 1220. The molecule has 3 aromatic carbocycles. The SMILES string of the molecule is Cc1ccc2nc(-c3ccc(NC(=S)NC(=O)c4ccccc4Br)cc3)sc2c1. The van der Waals surface area contributed by atoms with E-state index >= 15 is 0 Å². The Morgan fingerprint density at radius 2 is 1.83 bits per heavy atom. The fraction of sp³-hybridized carbons (Fsp3) is 0.0455. The minimum Gasteiger partial charge on any atom is -0.332 e. The molecule has 0 bridgehead atoms. The van der Waals surface area contributed by atoms with Gasteiger partial charge in [0.1, 0.15) is 5.01 Å². The van der Waals surface area contributed by atoms with Crippen LogP contribution in [-0.2, 0) is 0 Å². The van der Waals surface area contributed by atoms with Gasteiger partial charge in [-0.1, -0.05) is 18.2 Å². The van der Waals surface area contributed by atoms with Gasteiger partial charge in [-0.05, 0) is 89.2 Å². The molecule has 7 heteroatoms. The van der Waals surface area contributed by atoms with E-state index in [1.165, 1.54) is 10.3 Å². The van der Waals surface area contributed by atoms with Crippen LogP contribution in [0.15, 0.2) is 71.2 Å². The first kappa shape index (κ1) is 19.7. The lowest BCUT2D eigenvalue weighted by Gasteiger charge is -2.10. The number of aromatic nitrogens is 1. The molecular formula is C22H16BrN3OS2. The lowest BCUT2D eigenvalue weighted by atomic mass is 10.2. The number of rotatable bonds is 3. The van der Waals surface area contributed by atoms with Crippen molar-refractivity contribution < 1.29 is 4.79 Å². The maximum Gasteiger partial charge on any atom is 0.258 e. The molecule has 0 aliphatic heterocycles. The summed E-state index contributed by atoms with van der Waals surface area (Å²) < 4.78 is 1.90. The van der Waals surface area contributed by atoms with Gasteiger partial charge in [-0.15, -0.1) is 11.3 Å². The van der Waals surface area contributed by atoms with Crippen molar-refractivity contribution >= 4 is 66.4 Å². The van der Waals surface area contributed by atoms with E-state index in [1.54, 1.807) is 23.5 Å². The standard InChI is InChI=1S/C22H16BrN3OS2/c1-13-6-11-18-19(12-13)29-21(25-18)14-7-9-15(10-8-14)24-22(28)26-20(27)16-4-2-3-5-17(16)23/h2-12H,1H3,(H2,24,26,27,28). The van der Waals surface area contributed by atoms with Gasteiger partial charge in [0.25, 0.3) is 5.91 Å². The molecule has 0 saturated heterocycles. The molecule has 0 spiro atoms. The Morgan fingerprint density at radius 1 is 1.07 bits per heavy atom. The number of nitrogens with one attached hydrogen (secondary N) is 2. The third-order valence-electron chi connectivity index (χ3n) is 4.28. The topological polar surface area (TPSA) is 54.0 Å². The Labute approximate surface area is 186 Å². The van der Waals surface area contributed by atoms with Crippen molar-refractivity contribution in [2.75, 3.05) is 5.32 Å². The van der Waals surface area contributed by atoms with Crippen LogP contribution in [0, 0.1) is 6.92 Å². The molecule has 144 valence electrons. The van der Waals surface area contributed by atoms with E-state index in [0.29, 0.717) is 5.56 Å². The van der Waals surface area contributed by atoms with Crippen LogP contribution < -0.4 is 10.6 Å². The smallest absolute Gasteiger partial charge is 0.258 e. The summed E-state index contributed by atoms with van der Waals surface area (Å²) >= 11 is 10.3. The molecule has 0 atom stereocenters. The summed E-state index contributed by atoms with van der Waals surface area (Å²) in [5, 5.41) is 6.96. The minimum atomic E-state index is -0.267. The van der Waals surface area contributed by atoms with Gasteiger partial charge in [0.2, 0.25) is 0 Å². The maximum absolute atomic E-state index is 12.3. The third-order valence-corrected chi connectivity index (χ3v) is 6.24. The molecule has 1 amide bonds. The van der Waals surface area contributed by atoms with Gasteiger partial charge < -0.3 is 5.32 Å². The summed E-state index contributed by atoms with van der Waals surface area (Å²) in [7, 11) is 0. The van der Waals surface area contributed by atoms with Gasteiger partial charge in [-0.2, -0.15) is 0 Å². The molecule has 1 heterocycles. The molecule has 1 aromatic heterocycles. The maximum atomic E-state index is 12.3. The lowest BCUT2D eigenvalue weighted by Crippen LogP contribution is -2.34. The Morgan fingerprint density at radius 3 is 2.59 bits per heavy atom. The first-order valence-electron chi connectivity index (χ1n) is 8.84. The zero-order valence-electron chi connectivity index (χ0n) is 15.4. The monoisotopic (exact) mass is 481 g/mol. The summed E-state index contributed by atoms with van der Waals surface area (Å²) in [6, 6.07) is 21.3. The number of fused-ring (bicyclic) bond motifs is 1. The molecule has 4 rings (SSSR count). The number of amides is 1. The highest BCUT2D eigenvalue weighted by molar-refractivity contribution is 9.10. The highest BCUT2D eigenvalue weighted by atomic mass is 79.9. The molecular weight excluding hydrogens is 466 g/mol. The number of halogens is 1. The molecule has 0 aliphatic carbocycles. The van der Waals surface area contributed by atoms with Crippen LogP contribution in [0.25, 0.3) is 20.8 Å². The average Bonchev–Trinajstić information content (AvgIpc) is 3.12. The number of aryl methyl sites for hydroxylation is 1. The van der Waals surface area contributed by atoms with Crippen molar-refractivity contribution in [2.24, 2.45) is 0 Å². The second-order valence-electron chi connectivity index (χ2n) is 6.46. The normalized spacial score (nSPS) is 10.7. The fourth-order valence-electron chi connectivity index (χ4n) is 2.83. The van der Waals surface area contributed by atoms with Gasteiger partial charge in [0.05, 0.1) is 15.8 Å². The Balaban J connectivity index is 1.44. The van der Waals surface area contributed by atoms with Crippen molar-refractivity contribution in [3.8, 4) is 10.6 Å². The number of benzene rings is 3. The zero-order chi connectivity index (χ0) is 20.4. The number of thiocarbonyl (C=S) groups is 1. The number of thiazole rings is 1. The lowest BCUT2D eigenvalue weighted by molar-refractivity contribution is 0.0977. The molecule has 4 nitrogen and oxygen atoms in total. The van der Waals surface area contributed by atoms with Crippen molar-refractivity contribution in [3.05, 3.63) is 82.3 Å². The third kappa shape index (κ3) is 4.53. The van der Waals surface area contributed by atoms with Gasteiger partial charge in [-0.25, -0.2) is 4.98 Å². The Hall–Kier alpha value is -2.61. The number of anilines is 1. The van der Waals surface area contributed by atoms with Crippen LogP contribution in [-0.4, -0.2) is 16.0 Å². The summed E-state index contributed by atoms with van der Waals surface area (Å²) in [5.41, 5.74) is 4.60. The van der Waals surface area contributed by atoms with E-state index in [1.807, 2.05) is 42.5 Å². The van der Waals surface area contributed by atoms with Gasteiger partial charge in [0, 0.05) is 15.7 Å². The number of carbonyl (C=O) groups excluding carboxylic acids is 1. The summed E-state index contributed by atoms with van der Waals surface area (Å²) in [6.45, 7) is 2.08. The van der Waals surface area contributed by atoms with E-state index in [2.05, 4.69) is 45.6 Å². The number of hydrogen-bond donors (Lipinski definition) is 2. The fourth-order valence-corrected chi connectivity index (χ4v) is 4.57. The summed E-state index contributed by atoms with van der Waals surface area (Å²) in [4.78, 5) is 17.0. The minimum absolute atomic E-state index is 0.244. The highest BCUT2D eigenvalue weighted by Crippen LogP contribution is 2.31. The molecule has 29 heavy (non-hydrogen) atoms. The Kier molecular flexibility index (Phi) is 5.71. The summed E-state index contributed by atoms with van der Waals surface area (Å²) in [6.07, 6.45) is 0. The van der Waals surface area contributed by atoms with E-state index in [4.69, 9.17) is 17.2 Å². The quantitative estimate of drug-likeness (QED) is 0.344. The largest absolute Gasteiger partial charge is 0.332 e. The van der Waals surface area contributed by atoms with Crippen LogP contribution in [0.3, 0.4) is 0 Å². The van der Waals surface area contributed by atoms with E-state index < -0.39 is 0 Å². The number of nitrogens with zero attached hydrogens (tertiary/aromatic N) is 1. The van der Waals surface area contributed by atoms with Gasteiger partial charge >= 0.3 is 0 Å². The molecule has 2 N–H and O–H groups in total. The van der Waals surface area contributed by atoms with E-state index in [9.17, 15) is 4.79 Å². The van der Waals surface area contributed by atoms with Crippen LogP contribution >= 0.6 is 39.5 Å². The first-order valence-corrected chi connectivity index (χ1v) is 10.9. The van der Waals surface area contributed by atoms with Gasteiger partial charge in [0.15, 0.2) is 5.11 Å². The van der Waals surface area contributed by atoms with Crippen LogP contribution in [0.1, 0.15) is 15.9 Å². The van der Waals surface area contributed by atoms with Crippen LogP contribution in [0.2, 0.25) is 0 Å². The molecule has 0 saturated carbocycles. The van der Waals surface area contributed by atoms with Crippen molar-refractivity contribution in [1.29, 1.82) is 0 Å². The number of carbonyl (C=O) groups is 1. The zero-order valence-corrected chi connectivity index (χ0v) is 18.6. The second kappa shape index (κ2) is 8.41. The predicted octanol–water partition coefficient (Wildman–Crippen LogP) is 6.16. The molecule has 4 aromatic rings. The summed E-state index contributed by atoms with van der Waals surface area (Å²) in [5.74, 6) is -0.267.